The van der Waals surface area contributed by atoms with Crippen molar-refractivity contribution in [2.45, 2.75) is 31.8 Å². The highest BCUT2D eigenvalue weighted by atomic mass is 35.5. The normalized spacial score (nSPS) is 18.9. The zero-order chi connectivity index (χ0) is 25.1. The largest absolute Gasteiger partial charge is 0.384 e. The number of piperazine rings is 1. The number of benzene rings is 1. The number of carbonyl (C=O) groups is 2. The molecule has 0 unspecified atom stereocenters. The number of anilines is 2. The molecule has 36 heavy (non-hydrogen) atoms. The number of pyridine rings is 2. The molecule has 4 heterocycles. The molecule has 1 aromatic carbocycles. The van der Waals surface area contributed by atoms with Gasteiger partial charge >= 0.3 is 6.03 Å². The van der Waals surface area contributed by atoms with E-state index in [4.69, 9.17) is 17.3 Å². The van der Waals surface area contributed by atoms with Gasteiger partial charge in [0.2, 0.25) is 5.91 Å². The Labute approximate surface area is 215 Å². The van der Waals surface area contributed by atoms with E-state index in [1.807, 2.05) is 41.3 Å². The lowest BCUT2D eigenvalue weighted by Gasteiger charge is -2.37. The summed E-state index contributed by atoms with van der Waals surface area (Å²) in [6.07, 6.45) is 4.18. The zero-order valence-corrected chi connectivity index (χ0v) is 20.8. The van der Waals surface area contributed by atoms with E-state index in [-0.39, 0.29) is 11.9 Å². The summed E-state index contributed by atoms with van der Waals surface area (Å²) >= 11 is 6.14. The van der Waals surface area contributed by atoms with Gasteiger partial charge in [-0.25, -0.2) is 9.78 Å². The minimum atomic E-state index is -0.518. The smallest absolute Gasteiger partial charge is 0.318 e. The van der Waals surface area contributed by atoms with Crippen molar-refractivity contribution in [2.24, 2.45) is 0 Å². The molecule has 0 bridgehead atoms. The molecule has 2 aliphatic heterocycles. The second-order valence-electron chi connectivity index (χ2n) is 9.28. The van der Waals surface area contributed by atoms with Gasteiger partial charge in [0.1, 0.15) is 11.9 Å². The first-order chi connectivity index (χ1) is 17.5. The van der Waals surface area contributed by atoms with Crippen LogP contribution < -0.4 is 16.0 Å². The Hall–Kier alpha value is -3.59. The Balaban J connectivity index is 1.21. The Bertz CT molecular complexity index is 1240. The van der Waals surface area contributed by atoms with Crippen LogP contribution in [-0.2, 0) is 11.3 Å². The van der Waals surface area contributed by atoms with Gasteiger partial charge < -0.3 is 25.8 Å². The maximum atomic E-state index is 13.2. The van der Waals surface area contributed by atoms with Crippen molar-refractivity contribution >= 4 is 45.9 Å². The van der Waals surface area contributed by atoms with Crippen LogP contribution in [0.5, 0.6) is 0 Å². The maximum absolute atomic E-state index is 13.2. The third-order valence-corrected chi connectivity index (χ3v) is 7.07. The highest BCUT2D eigenvalue weighted by molar-refractivity contribution is 6.31. The molecule has 2 aliphatic rings. The van der Waals surface area contributed by atoms with Gasteiger partial charge in [-0.15, -0.1) is 0 Å². The van der Waals surface area contributed by atoms with E-state index in [9.17, 15) is 9.59 Å². The van der Waals surface area contributed by atoms with Gasteiger partial charge in [-0.1, -0.05) is 17.7 Å². The van der Waals surface area contributed by atoms with E-state index >= 15 is 0 Å². The standard InChI is InChI=1S/C26H30ClN7O2/c27-18-7-8-20-22(15-18)30-24(28)16-23(20)32-11-13-33(14-12-32)26(36)31-21-6-2-4-10-34(25(21)35)17-19-5-1-3-9-29-19/h1,3,5,7-9,15-16,21H,2,4,6,10-14,17H2,(H2,28,30)(H,31,36)/t21-/m0/s1. The molecule has 9 nitrogen and oxygen atoms in total. The van der Waals surface area contributed by atoms with Gasteiger partial charge in [0, 0.05) is 61.1 Å². The Morgan fingerprint density at radius 3 is 2.69 bits per heavy atom. The average molecular weight is 508 g/mol. The summed E-state index contributed by atoms with van der Waals surface area (Å²) < 4.78 is 0. The first-order valence-corrected chi connectivity index (χ1v) is 12.7. The first kappa shape index (κ1) is 24.1. The number of rotatable bonds is 4. The van der Waals surface area contributed by atoms with E-state index in [1.54, 1.807) is 17.2 Å². The summed E-state index contributed by atoms with van der Waals surface area (Å²) in [5, 5.41) is 4.59. The van der Waals surface area contributed by atoms with E-state index in [0.717, 1.165) is 35.1 Å². The zero-order valence-electron chi connectivity index (χ0n) is 20.1. The predicted octanol–water partition coefficient (Wildman–Crippen LogP) is 3.28. The topological polar surface area (TPSA) is 108 Å². The third kappa shape index (κ3) is 5.31. The summed E-state index contributed by atoms with van der Waals surface area (Å²) in [4.78, 5) is 40.9. The van der Waals surface area contributed by atoms with Crippen molar-refractivity contribution < 1.29 is 9.59 Å². The number of halogens is 1. The van der Waals surface area contributed by atoms with Crippen LogP contribution in [0.3, 0.4) is 0 Å². The number of nitrogens with zero attached hydrogens (tertiary/aromatic N) is 5. The molecule has 0 spiro atoms. The molecule has 1 atom stereocenters. The number of aromatic nitrogens is 2. The van der Waals surface area contributed by atoms with E-state index < -0.39 is 6.04 Å². The predicted molar refractivity (Wildman–Crippen MR) is 141 cm³/mol. The highest BCUT2D eigenvalue weighted by Crippen LogP contribution is 2.30. The van der Waals surface area contributed by atoms with Crippen LogP contribution in [0.25, 0.3) is 10.9 Å². The van der Waals surface area contributed by atoms with E-state index in [2.05, 4.69) is 20.2 Å². The SMILES string of the molecule is Nc1cc(N2CCN(C(=O)N[C@H]3CCCCN(Cc4ccccn4)C3=O)CC2)c2ccc(Cl)cc2n1. The number of hydrogen-bond donors (Lipinski definition) is 2. The van der Waals surface area contributed by atoms with Crippen molar-refractivity contribution in [1.82, 2.24) is 25.1 Å². The van der Waals surface area contributed by atoms with Crippen molar-refractivity contribution in [3.8, 4) is 0 Å². The van der Waals surface area contributed by atoms with Gasteiger partial charge in [0.05, 0.1) is 17.8 Å². The Morgan fingerprint density at radius 2 is 1.92 bits per heavy atom. The van der Waals surface area contributed by atoms with Crippen LogP contribution in [0.4, 0.5) is 16.3 Å². The quantitative estimate of drug-likeness (QED) is 0.561. The van der Waals surface area contributed by atoms with Crippen LogP contribution in [0.1, 0.15) is 25.0 Å². The fourth-order valence-corrected chi connectivity index (χ4v) is 5.11. The van der Waals surface area contributed by atoms with Gasteiger partial charge in [-0.05, 0) is 49.6 Å². The molecule has 3 amide bonds. The number of likely N-dealkylation sites (tertiary alicyclic amines) is 1. The summed E-state index contributed by atoms with van der Waals surface area (Å²) in [6, 6.07) is 12.4. The van der Waals surface area contributed by atoms with Crippen LogP contribution in [0.2, 0.25) is 5.02 Å². The fourth-order valence-electron chi connectivity index (χ4n) is 4.94. The molecule has 0 aliphatic carbocycles. The Morgan fingerprint density at radius 1 is 1.08 bits per heavy atom. The Kier molecular flexibility index (Phi) is 7.09. The molecule has 5 rings (SSSR count). The minimum absolute atomic E-state index is 0.0393. The molecule has 10 heteroatoms. The second-order valence-corrected chi connectivity index (χ2v) is 9.72. The number of amides is 3. The number of urea groups is 1. The first-order valence-electron chi connectivity index (χ1n) is 12.3. The van der Waals surface area contributed by atoms with Crippen molar-refractivity contribution in [3.63, 3.8) is 0 Å². The molecular formula is C26H30ClN7O2. The molecule has 2 aromatic heterocycles. The number of nitrogens with one attached hydrogen (secondary N) is 1. The summed E-state index contributed by atoms with van der Waals surface area (Å²) in [5.41, 5.74) is 8.63. The lowest BCUT2D eigenvalue weighted by atomic mass is 10.1. The van der Waals surface area contributed by atoms with Gasteiger partial charge in [0.15, 0.2) is 0 Å². The van der Waals surface area contributed by atoms with E-state index in [1.165, 1.54) is 0 Å². The molecule has 188 valence electrons. The van der Waals surface area contributed by atoms with Crippen LogP contribution in [0.15, 0.2) is 48.7 Å². The third-order valence-electron chi connectivity index (χ3n) is 6.83. The minimum Gasteiger partial charge on any atom is -0.384 e. The maximum Gasteiger partial charge on any atom is 0.318 e. The summed E-state index contributed by atoms with van der Waals surface area (Å²) in [5.74, 6) is 0.393. The molecule has 2 fully saturated rings. The highest BCUT2D eigenvalue weighted by Gasteiger charge is 2.31. The second kappa shape index (κ2) is 10.6. The lowest BCUT2D eigenvalue weighted by Crippen LogP contribution is -2.56. The van der Waals surface area contributed by atoms with Gasteiger partial charge in [0.25, 0.3) is 0 Å². The van der Waals surface area contributed by atoms with Crippen molar-refractivity contribution in [2.75, 3.05) is 43.4 Å². The van der Waals surface area contributed by atoms with E-state index in [0.29, 0.717) is 56.5 Å². The monoisotopic (exact) mass is 507 g/mol. The van der Waals surface area contributed by atoms with Gasteiger partial charge in [-0.3, -0.25) is 9.78 Å². The number of fused-ring (bicyclic) bond motifs is 1. The van der Waals surface area contributed by atoms with Crippen LogP contribution in [-0.4, -0.2) is 70.5 Å². The van der Waals surface area contributed by atoms with Crippen molar-refractivity contribution in [3.05, 3.63) is 59.4 Å². The molecule has 3 aromatic rings. The number of nitrogen functional groups attached to an aromatic ring is 1. The fraction of sp³-hybridized carbons (Fsp3) is 0.385. The van der Waals surface area contributed by atoms with Crippen LogP contribution >= 0.6 is 11.6 Å². The summed E-state index contributed by atoms with van der Waals surface area (Å²) in [7, 11) is 0. The molecular weight excluding hydrogens is 478 g/mol. The molecule has 2 saturated heterocycles. The molecule has 0 radical (unpaired) electrons. The number of nitrogens with two attached hydrogens (primary N) is 1. The molecule has 0 saturated carbocycles. The van der Waals surface area contributed by atoms with Gasteiger partial charge in [-0.2, -0.15) is 0 Å². The lowest BCUT2D eigenvalue weighted by molar-refractivity contribution is -0.133. The average Bonchev–Trinajstić information content (AvgIpc) is 3.05. The van der Waals surface area contributed by atoms with Crippen LogP contribution in [0, 0.1) is 0 Å². The summed E-state index contributed by atoms with van der Waals surface area (Å²) in [6.45, 7) is 3.52. The number of hydrogen-bond acceptors (Lipinski definition) is 6. The van der Waals surface area contributed by atoms with Crippen molar-refractivity contribution in [1.29, 1.82) is 0 Å². The molecule has 3 N–H and O–H groups in total. The number of carbonyl (C=O) groups excluding carboxylic acids is 2.